The Morgan fingerprint density at radius 3 is 2.52 bits per heavy atom. The number of benzene rings is 1. The van der Waals surface area contributed by atoms with Gasteiger partial charge in [-0.2, -0.15) is 5.10 Å². The summed E-state index contributed by atoms with van der Waals surface area (Å²) in [6, 6.07) is 4.19. The van der Waals surface area contributed by atoms with Crippen LogP contribution >= 0.6 is 0 Å². The van der Waals surface area contributed by atoms with Crippen LogP contribution in [0, 0.1) is 11.6 Å². The number of hydrogen-bond acceptors (Lipinski definition) is 2. The minimum atomic E-state index is -0.441. The lowest BCUT2D eigenvalue weighted by molar-refractivity contribution is 0.465. The van der Waals surface area contributed by atoms with E-state index in [4.69, 9.17) is 0 Å². The standard InChI is InChI=1S/C16H19F2N3/c1-11(12-8-20-21(2)9-12)19-10-16(6-7-16)15-13(17)4-3-5-14(15)18/h3-5,8-9,11,19H,6-7,10H2,1-2H3. The van der Waals surface area contributed by atoms with Gasteiger partial charge in [0.15, 0.2) is 0 Å². The van der Waals surface area contributed by atoms with Crippen molar-refractivity contribution in [2.24, 2.45) is 7.05 Å². The maximum absolute atomic E-state index is 14.0. The third-order valence-corrected chi connectivity index (χ3v) is 4.32. The topological polar surface area (TPSA) is 29.9 Å². The van der Waals surface area contributed by atoms with Crippen molar-refractivity contribution in [3.63, 3.8) is 0 Å². The van der Waals surface area contributed by atoms with Crippen LogP contribution in [-0.4, -0.2) is 16.3 Å². The van der Waals surface area contributed by atoms with E-state index in [0.29, 0.717) is 6.54 Å². The summed E-state index contributed by atoms with van der Waals surface area (Å²) in [5.41, 5.74) is 0.907. The molecule has 1 unspecified atom stereocenters. The maximum Gasteiger partial charge on any atom is 0.129 e. The Kier molecular flexibility index (Phi) is 3.53. The van der Waals surface area contributed by atoms with E-state index in [1.165, 1.54) is 18.2 Å². The number of halogens is 2. The van der Waals surface area contributed by atoms with Crippen LogP contribution in [0.25, 0.3) is 0 Å². The normalized spacial score (nSPS) is 17.7. The Balaban J connectivity index is 1.73. The number of aromatic nitrogens is 2. The molecule has 0 radical (unpaired) electrons. The highest BCUT2D eigenvalue weighted by Gasteiger charge is 2.47. The molecule has 1 aromatic heterocycles. The van der Waals surface area contributed by atoms with Crippen LogP contribution in [0.2, 0.25) is 0 Å². The van der Waals surface area contributed by atoms with Gasteiger partial charge in [0.1, 0.15) is 11.6 Å². The summed E-state index contributed by atoms with van der Waals surface area (Å²) in [6.07, 6.45) is 5.39. The lowest BCUT2D eigenvalue weighted by Crippen LogP contribution is -2.30. The zero-order valence-corrected chi connectivity index (χ0v) is 12.2. The van der Waals surface area contributed by atoms with E-state index in [-0.39, 0.29) is 11.6 Å². The molecule has 1 saturated carbocycles. The first kappa shape index (κ1) is 14.2. The average molecular weight is 291 g/mol. The van der Waals surface area contributed by atoms with Crippen molar-refractivity contribution in [1.29, 1.82) is 0 Å². The summed E-state index contributed by atoms with van der Waals surface area (Å²) in [5, 5.41) is 7.52. The quantitative estimate of drug-likeness (QED) is 0.917. The molecule has 21 heavy (non-hydrogen) atoms. The van der Waals surface area contributed by atoms with E-state index < -0.39 is 17.0 Å². The fourth-order valence-corrected chi connectivity index (χ4v) is 2.80. The van der Waals surface area contributed by atoms with Crippen LogP contribution in [-0.2, 0) is 12.5 Å². The van der Waals surface area contributed by atoms with Gasteiger partial charge in [0.2, 0.25) is 0 Å². The molecule has 2 aromatic rings. The van der Waals surface area contributed by atoms with E-state index >= 15 is 0 Å². The third-order valence-electron chi connectivity index (χ3n) is 4.32. The van der Waals surface area contributed by atoms with Gasteiger partial charge < -0.3 is 5.32 Å². The summed E-state index contributed by atoms with van der Waals surface area (Å²) in [5.74, 6) is -0.883. The Hall–Kier alpha value is -1.75. The lowest BCUT2D eigenvalue weighted by atomic mass is 9.94. The fraction of sp³-hybridized carbons (Fsp3) is 0.438. The first-order valence-electron chi connectivity index (χ1n) is 7.18. The molecule has 3 nitrogen and oxygen atoms in total. The SMILES string of the molecule is CC(NCC1(c2c(F)cccc2F)CC1)c1cnn(C)c1. The van der Waals surface area contributed by atoms with Gasteiger partial charge in [-0.05, 0) is 31.9 Å². The first-order valence-corrected chi connectivity index (χ1v) is 7.18. The van der Waals surface area contributed by atoms with E-state index in [1.54, 1.807) is 10.9 Å². The summed E-state index contributed by atoms with van der Waals surface area (Å²) < 4.78 is 29.7. The molecule has 1 atom stereocenters. The van der Waals surface area contributed by atoms with Gasteiger partial charge in [-0.1, -0.05) is 6.07 Å². The molecule has 1 aliphatic carbocycles. The molecule has 1 fully saturated rings. The smallest absolute Gasteiger partial charge is 0.129 e. The van der Waals surface area contributed by atoms with Crippen molar-refractivity contribution in [3.05, 3.63) is 53.4 Å². The highest BCUT2D eigenvalue weighted by molar-refractivity contribution is 5.34. The van der Waals surface area contributed by atoms with Crippen molar-refractivity contribution in [2.75, 3.05) is 6.54 Å². The van der Waals surface area contributed by atoms with Gasteiger partial charge in [-0.3, -0.25) is 4.68 Å². The highest BCUT2D eigenvalue weighted by atomic mass is 19.1. The molecule has 0 spiro atoms. The molecule has 112 valence electrons. The predicted octanol–water partition coefficient (Wildman–Crippen LogP) is 3.08. The van der Waals surface area contributed by atoms with Crippen LogP contribution in [0.15, 0.2) is 30.6 Å². The molecular formula is C16H19F2N3. The largest absolute Gasteiger partial charge is 0.309 e. The van der Waals surface area contributed by atoms with E-state index in [2.05, 4.69) is 10.4 Å². The Morgan fingerprint density at radius 1 is 1.33 bits per heavy atom. The average Bonchev–Trinajstić information content (AvgIpc) is 3.09. The Bertz CT molecular complexity index is 626. The lowest BCUT2D eigenvalue weighted by Gasteiger charge is -2.21. The zero-order valence-electron chi connectivity index (χ0n) is 12.2. The van der Waals surface area contributed by atoms with Crippen molar-refractivity contribution in [3.8, 4) is 0 Å². The van der Waals surface area contributed by atoms with E-state index in [1.807, 2.05) is 20.2 Å². The molecular weight excluding hydrogens is 272 g/mol. The number of nitrogens with one attached hydrogen (secondary N) is 1. The minimum Gasteiger partial charge on any atom is -0.309 e. The van der Waals surface area contributed by atoms with Crippen LogP contribution < -0.4 is 5.32 Å². The van der Waals surface area contributed by atoms with E-state index in [9.17, 15) is 8.78 Å². The second-order valence-corrected chi connectivity index (χ2v) is 5.93. The van der Waals surface area contributed by atoms with Crippen molar-refractivity contribution < 1.29 is 8.78 Å². The van der Waals surface area contributed by atoms with Crippen LogP contribution in [0.5, 0.6) is 0 Å². The summed E-state index contributed by atoms with van der Waals surface area (Å²) in [7, 11) is 1.87. The second kappa shape index (κ2) is 5.22. The molecule has 0 saturated heterocycles. The van der Waals surface area contributed by atoms with Gasteiger partial charge in [0, 0.05) is 42.4 Å². The number of nitrogens with zero attached hydrogens (tertiary/aromatic N) is 2. The number of hydrogen-bond donors (Lipinski definition) is 1. The van der Waals surface area contributed by atoms with E-state index in [0.717, 1.165) is 18.4 Å². The summed E-state index contributed by atoms with van der Waals surface area (Å²) >= 11 is 0. The number of aryl methyl sites for hydroxylation is 1. The van der Waals surface area contributed by atoms with Crippen LogP contribution in [0.3, 0.4) is 0 Å². The minimum absolute atomic E-state index is 0.103. The monoisotopic (exact) mass is 291 g/mol. The van der Waals surface area contributed by atoms with Gasteiger partial charge in [0.05, 0.1) is 6.20 Å². The molecule has 0 amide bonds. The Morgan fingerprint density at radius 2 is 2.00 bits per heavy atom. The van der Waals surface area contributed by atoms with Gasteiger partial charge in [0.25, 0.3) is 0 Å². The van der Waals surface area contributed by atoms with Gasteiger partial charge in [-0.25, -0.2) is 8.78 Å². The molecule has 0 aliphatic heterocycles. The Labute approximate surface area is 123 Å². The predicted molar refractivity (Wildman–Crippen MR) is 76.9 cm³/mol. The molecule has 3 rings (SSSR count). The molecule has 0 bridgehead atoms. The maximum atomic E-state index is 14.0. The van der Waals surface area contributed by atoms with Crippen molar-refractivity contribution >= 4 is 0 Å². The van der Waals surface area contributed by atoms with Crippen molar-refractivity contribution in [2.45, 2.75) is 31.2 Å². The first-order chi connectivity index (χ1) is 10.0. The summed E-state index contributed by atoms with van der Waals surface area (Å²) in [6.45, 7) is 2.60. The fourth-order valence-electron chi connectivity index (χ4n) is 2.80. The van der Waals surface area contributed by atoms with Gasteiger partial charge in [-0.15, -0.1) is 0 Å². The second-order valence-electron chi connectivity index (χ2n) is 5.93. The molecule has 1 aromatic carbocycles. The molecule has 1 heterocycles. The molecule has 1 aliphatic rings. The zero-order chi connectivity index (χ0) is 15.0. The highest BCUT2D eigenvalue weighted by Crippen LogP contribution is 2.49. The molecule has 1 N–H and O–H groups in total. The van der Waals surface area contributed by atoms with Crippen LogP contribution in [0.4, 0.5) is 8.78 Å². The van der Waals surface area contributed by atoms with Crippen LogP contribution in [0.1, 0.15) is 36.9 Å². The van der Waals surface area contributed by atoms with Crippen molar-refractivity contribution in [1.82, 2.24) is 15.1 Å². The number of rotatable bonds is 5. The summed E-state index contributed by atoms with van der Waals surface area (Å²) in [4.78, 5) is 0. The van der Waals surface area contributed by atoms with Gasteiger partial charge >= 0.3 is 0 Å². The third kappa shape index (κ3) is 2.70. The molecule has 5 heteroatoms.